The molecule has 2 heterocycles. The van der Waals surface area contributed by atoms with E-state index in [4.69, 9.17) is 14.4 Å². The van der Waals surface area contributed by atoms with Crippen LogP contribution in [-0.4, -0.2) is 9.97 Å². The fourth-order valence-corrected chi connectivity index (χ4v) is 11.4. The Bertz CT molecular complexity index is 2960. The summed E-state index contributed by atoms with van der Waals surface area (Å²) >= 11 is 0. The Morgan fingerprint density at radius 2 is 1.41 bits per heavy atom. The molecule has 3 nitrogen and oxygen atoms in total. The maximum Gasteiger partial charge on any atom is 0.231 e. The fraction of sp³-hybridized carbons (Fsp3) is 0.236. The summed E-state index contributed by atoms with van der Waals surface area (Å²) in [5.74, 6) is 0.871. The molecule has 0 aliphatic heterocycles. The average molecular weight is 751 g/mol. The Labute approximate surface area is 340 Å². The number of aromatic nitrogens is 2. The summed E-state index contributed by atoms with van der Waals surface area (Å²) in [4.78, 5) is 10.2. The van der Waals surface area contributed by atoms with Crippen LogP contribution in [0.4, 0.5) is 0 Å². The summed E-state index contributed by atoms with van der Waals surface area (Å²) in [6.07, 6.45) is 19.1. The molecule has 3 heteroatoms. The Hall–Kier alpha value is -6.06. The molecule has 282 valence electrons. The van der Waals surface area contributed by atoms with Crippen LogP contribution in [0.2, 0.25) is 0 Å². The van der Waals surface area contributed by atoms with E-state index in [1.807, 2.05) is 24.3 Å². The van der Waals surface area contributed by atoms with Crippen LogP contribution in [0.15, 0.2) is 150 Å². The first-order valence-electron chi connectivity index (χ1n) is 21.4. The van der Waals surface area contributed by atoms with Crippen molar-refractivity contribution >= 4 is 38.8 Å². The molecule has 12 rings (SSSR count). The molecule has 1 saturated carbocycles. The Kier molecular flexibility index (Phi) is 7.46. The lowest BCUT2D eigenvalue weighted by atomic mass is 9.65. The summed E-state index contributed by atoms with van der Waals surface area (Å²) in [5.41, 5.74) is 21.3. The van der Waals surface area contributed by atoms with E-state index < -0.39 is 0 Å². The largest absolute Gasteiger partial charge is 0.438 e. The van der Waals surface area contributed by atoms with E-state index in [0.29, 0.717) is 5.71 Å². The van der Waals surface area contributed by atoms with E-state index in [0.717, 1.165) is 52.7 Å². The lowest BCUT2D eigenvalue weighted by molar-refractivity contribution is 0.350. The number of benzene rings is 5. The molecule has 5 aliphatic rings. The van der Waals surface area contributed by atoms with Gasteiger partial charge in [-0.25, -0.2) is 4.98 Å². The Morgan fingerprint density at radius 3 is 2.24 bits per heavy atom. The highest BCUT2D eigenvalue weighted by atomic mass is 16.3. The van der Waals surface area contributed by atoms with Crippen LogP contribution in [0, 0.1) is 0 Å². The van der Waals surface area contributed by atoms with Crippen LogP contribution in [0.1, 0.15) is 110 Å². The number of hydrogen-bond donors (Lipinski definition) is 0. The van der Waals surface area contributed by atoms with Gasteiger partial charge in [-0.05, 0) is 117 Å². The predicted octanol–water partition coefficient (Wildman–Crippen LogP) is 14.3. The van der Waals surface area contributed by atoms with Gasteiger partial charge in [0.1, 0.15) is 11.4 Å². The van der Waals surface area contributed by atoms with E-state index >= 15 is 0 Å². The van der Waals surface area contributed by atoms with Gasteiger partial charge in [-0.2, -0.15) is 4.98 Å². The second kappa shape index (κ2) is 12.7. The molecule has 0 bridgehead atoms. The molecule has 0 amide bonds. The van der Waals surface area contributed by atoms with E-state index in [1.165, 1.54) is 76.6 Å². The monoisotopic (exact) mass is 750 g/mol. The molecule has 0 saturated heterocycles. The quantitative estimate of drug-likeness (QED) is 0.180. The number of allylic oxidation sites excluding steroid dienone is 8. The zero-order valence-electron chi connectivity index (χ0n) is 33.3. The number of furan rings is 1. The van der Waals surface area contributed by atoms with E-state index in [-0.39, 0.29) is 16.7 Å². The second-order valence-electron chi connectivity index (χ2n) is 17.8. The third-order valence-electron chi connectivity index (χ3n) is 14.4. The van der Waals surface area contributed by atoms with Gasteiger partial charge in [-0.3, -0.25) is 0 Å². The molecule has 58 heavy (non-hydrogen) atoms. The summed E-state index contributed by atoms with van der Waals surface area (Å²) in [7, 11) is 0. The molecule has 7 aromatic rings. The molecule has 1 atom stereocenters. The van der Waals surface area contributed by atoms with Crippen molar-refractivity contribution in [3.8, 4) is 22.4 Å². The van der Waals surface area contributed by atoms with Crippen molar-refractivity contribution in [2.75, 3.05) is 0 Å². The third kappa shape index (κ3) is 4.98. The van der Waals surface area contributed by atoms with Gasteiger partial charge < -0.3 is 4.42 Å². The van der Waals surface area contributed by atoms with Gasteiger partial charge in [0.2, 0.25) is 5.71 Å². The van der Waals surface area contributed by atoms with Crippen LogP contribution in [0.3, 0.4) is 0 Å². The van der Waals surface area contributed by atoms with Crippen LogP contribution in [0.5, 0.6) is 0 Å². The molecule has 1 spiro atoms. The molecule has 5 aliphatic carbocycles. The molecule has 1 unspecified atom stereocenters. The predicted molar refractivity (Wildman–Crippen MR) is 239 cm³/mol. The minimum absolute atomic E-state index is 0.0225. The summed E-state index contributed by atoms with van der Waals surface area (Å²) in [6, 6.07) is 42.4. The van der Waals surface area contributed by atoms with Gasteiger partial charge in [-0.1, -0.05) is 154 Å². The second-order valence-corrected chi connectivity index (χ2v) is 17.8. The summed E-state index contributed by atoms with van der Waals surface area (Å²) in [6.45, 7) is 4.84. The van der Waals surface area contributed by atoms with Gasteiger partial charge in [0.25, 0.3) is 0 Å². The normalized spacial score (nSPS) is 19.9. The first-order chi connectivity index (χ1) is 28.5. The van der Waals surface area contributed by atoms with Gasteiger partial charge in [-0.15, -0.1) is 0 Å². The molecule has 2 aromatic heterocycles. The lowest BCUT2D eigenvalue weighted by Crippen LogP contribution is -2.29. The molecule has 0 radical (unpaired) electrons. The third-order valence-corrected chi connectivity index (χ3v) is 14.4. The fourth-order valence-electron chi connectivity index (χ4n) is 11.4. The zero-order chi connectivity index (χ0) is 38.6. The van der Waals surface area contributed by atoms with Gasteiger partial charge >= 0.3 is 0 Å². The standard InChI is InChI=1S/C55H46N2O/c1-54(2)45-17-9-7-15-40(45)43-33-48-44(32-46(43)54)41-28-27-39(31-47(41)55(48)29-11-4-12-30-55)36-21-19-34(20-22-36)35-23-25-38(26-24-35)52-56-51(37-13-5-3-6-14-37)50-42-16-8-10-18-49(42)58-53(50)57-52/h3,5-10,13-25,31-33,38H,4,11-12,26-30H2,1-2H3. The van der Waals surface area contributed by atoms with Crippen molar-refractivity contribution in [2.24, 2.45) is 0 Å². The Morgan fingerprint density at radius 1 is 0.655 bits per heavy atom. The highest BCUT2D eigenvalue weighted by Gasteiger charge is 2.47. The van der Waals surface area contributed by atoms with Crippen molar-refractivity contribution < 1.29 is 4.42 Å². The van der Waals surface area contributed by atoms with Crippen LogP contribution in [0.25, 0.3) is 61.2 Å². The van der Waals surface area contributed by atoms with Crippen molar-refractivity contribution in [3.05, 3.63) is 184 Å². The van der Waals surface area contributed by atoms with Gasteiger partial charge in [0.15, 0.2) is 0 Å². The van der Waals surface area contributed by atoms with Crippen molar-refractivity contribution in [1.82, 2.24) is 9.97 Å². The minimum atomic E-state index is 0.0225. The zero-order valence-corrected chi connectivity index (χ0v) is 33.3. The Balaban J connectivity index is 0.841. The number of nitrogens with zero attached hydrogens (tertiary/aromatic N) is 2. The van der Waals surface area contributed by atoms with Crippen molar-refractivity contribution in [3.63, 3.8) is 0 Å². The minimum Gasteiger partial charge on any atom is -0.438 e. The topological polar surface area (TPSA) is 38.9 Å². The van der Waals surface area contributed by atoms with E-state index in [9.17, 15) is 0 Å². The molecule has 5 aromatic carbocycles. The van der Waals surface area contributed by atoms with E-state index in [1.54, 1.807) is 22.3 Å². The smallest absolute Gasteiger partial charge is 0.231 e. The summed E-state index contributed by atoms with van der Waals surface area (Å²) < 4.78 is 6.31. The SMILES string of the molecule is CC1(C)c2ccccc2-c2cc3c(cc21)C1=C(C=C(c2ccc(C4=CCC(c5nc(-c6ccccc6)c6c(n5)oc5ccccc56)C=C4)cc2)CC1)C31CCCCC1. The van der Waals surface area contributed by atoms with Crippen molar-refractivity contribution in [2.45, 2.75) is 82.0 Å². The molecule has 1 fully saturated rings. The highest BCUT2D eigenvalue weighted by Crippen LogP contribution is 2.61. The van der Waals surface area contributed by atoms with Crippen molar-refractivity contribution in [1.29, 1.82) is 0 Å². The number of para-hydroxylation sites is 1. The first kappa shape index (κ1) is 34.0. The van der Waals surface area contributed by atoms with E-state index in [2.05, 4.69) is 129 Å². The van der Waals surface area contributed by atoms with Crippen LogP contribution < -0.4 is 0 Å². The lowest BCUT2D eigenvalue weighted by Gasteiger charge is -2.38. The number of hydrogen-bond acceptors (Lipinski definition) is 3. The molecular formula is C55H46N2O. The van der Waals surface area contributed by atoms with Gasteiger partial charge in [0.05, 0.1) is 11.1 Å². The maximum absolute atomic E-state index is 6.31. The van der Waals surface area contributed by atoms with Crippen LogP contribution >= 0.6 is 0 Å². The molecular weight excluding hydrogens is 705 g/mol. The number of fused-ring (bicyclic) bond motifs is 10. The molecule has 0 N–H and O–H groups in total. The highest BCUT2D eigenvalue weighted by molar-refractivity contribution is 6.10. The number of rotatable bonds is 4. The average Bonchev–Trinajstić information content (AvgIpc) is 3.86. The first-order valence-corrected chi connectivity index (χ1v) is 21.4. The maximum atomic E-state index is 6.31. The summed E-state index contributed by atoms with van der Waals surface area (Å²) in [5, 5.41) is 2.03. The van der Waals surface area contributed by atoms with Gasteiger partial charge in [0, 0.05) is 27.7 Å². The van der Waals surface area contributed by atoms with Crippen LogP contribution in [-0.2, 0) is 10.8 Å².